The second kappa shape index (κ2) is 8.98. The molecule has 4 heteroatoms. The molecule has 0 fully saturated rings. The minimum Gasteiger partial charge on any atom is -0.403 e. The van der Waals surface area contributed by atoms with Crippen LogP contribution in [0.25, 0.3) is 0 Å². The maximum Gasteiger partial charge on any atom is 0.261 e. The quantitative estimate of drug-likeness (QED) is 0.373. The van der Waals surface area contributed by atoms with Crippen molar-refractivity contribution in [3.63, 3.8) is 0 Å². The molecule has 0 N–H and O–H groups in total. The van der Waals surface area contributed by atoms with Gasteiger partial charge in [-0.3, -0.25) is 0 Å². The zero-order valence-corrected chi connectivity index (χ0v) is 19.7. The summed E-state index contributed by atoms with van der Waals surface area (Å²) >= 11 is 7.39. The molecule has 0 saturated carbocycles. The van der Waals surface area contributed by atoms with E-state index >= 15 is 0 Å². The van der Waals surface area contributed by atoms with Crippen molar-refractivity contribution < 1.29 is 4.43 Å². The van der Waals surface area contributed by atoms with Gasteiger partial charge in [0, 0.05) is 10.2 Å². The number of benzene rings is 2. The van der Waals surface area contributed by atoms with Gasteiger partial charge in [-0.15, -0.1) is 0 Å². The summed E-state index contributed by atoms with van der Waals surface area (Å²) in [6, 6.07) is 21.7. The van der Waals surface area contributed by atoms with E-state index < -0.39 is 8.32 Å². The van der Waals surface area contributed by atoms with Crippen molar-refractivity contribution in [2.45, 2.75) is 50.1 Å². The molecule has 0 amide bonds. The molecule has 2 atom stereocenters. The molecule has 0 bridgehead atoms. The molecule has 0 saturated heterocycles. The monoisotopic (exact) mass is 482 g/mol. The molecule has 0 aromatic heterocycles. The Balaban J connectivity index is 2.68. The van der Waals surface area contributed by atoms with E-state index in [0.717, 1.165) is 11.8 Å². The Morgan fingerprint density at radius 3 is 1.68 bits per heavy atom. The van der Waals surface area contributed by atoms with Crippen LogP contribution in [0.4, 0.5) is 0 Å². The highest BCUT2D eigenvalue weighted by Gasteiger charge is 2.51. The molecule has 2 rings (SSSR count). The predicted octanol–water partition coefficient (Wildman–Crippen LogP) is 5.50. The first kappa shape index (κ1) is 20.9. The average molecular weight is 484 g/mol. The smallest absolute Gasteiger partial charge is 0.261 e. The Morgan fingerprint density at radius 2 is 1.36 bits per heavy atom. The summed E-state index contributed by atoms with van der Waals surface area (Å²) in [5.74, 6) is 0. The number of rotatable bonds is 7. The van der Waals surface area contributed by atoms with Crippen LogP contribution in [-0.2, 0) is 4.43 Å². The minimum atomic E-state index is -2.46. The van der Waals surface area contributed by atoms with Crippen molar-refractivity contribution in [2.75, 3.05) is 5.33 Å². The Bertz CT molecular complexity index is 598. The average Bonchev–Trinajstić information content (AvgIpc) is 2.59. The van der Waals surface area contributed by atoms with E-state index in [1.807, 2.05) is 0 Å². The highest BCUT2D eigenvalue weighted by Crippen LogP contribution is 2.38. The zero-order chi connectivity index (χ0) is 18.5. The fourth-order valence-corrected chi connectivity index (χ4v) is 9.22. The van der Waals surface area contributed by atoms with Gasteiger partial charge in [-0.05, 0) is 21.8 Å². The van der Waals surface area contributed by atoms with Crippen LogP contribution in [0.15, 0.2) is 60.7 Å². The molecule has 136 valence electrons. The normalized spacial score (nSPS) is 15.0. The maximum absolute atomic E-state index is 7.14. The van der Waals surface area contributed by atoms with Gasteiger partial charge in [-0.2, -0.15) is 0 Å². The Morgan fingerprint density at radius 1 is 0.920 bits per heavy atom. The lowest BCUT2D eigenvalue weighted by molar-refractivity contribution is 0.187. The van der Waals surface area contributed by atoms with E-state index in [0.29, 0.717) is 4.83 Å². The lowest BCUT2D eigenvalue weighted by Crippen LogP contribution is -2.68. The third-order valence-electron chi connectivity index (χ3n) is 4.65. The number of hydrogen-bond acceptors (Lipinski definition) is 1. The number of halogens is 2. The molecule has 0 aliphatic heterocycles. The fraction of sp³-hybridized carbons (Fsp3) is 0.429. The molecule has 0 heterocycles. The summed E-state index contributed by atoms with van der Waals surface area (Å²) in [6.45, 7) is 9.15. The Hall–Kier alpha value is -0.423. The molecule has 2 aromatic carbocycles. The second-order valence-electron chi connectivity index (χ2n) is 7.47. The molecule has 0 aliphatic rings. The summed E-state index contributed by atoms with van der Waals surface area (Å²) in [6.07, 6.45) is 1.14. The summed E-state index contributed by atoms with van der Waals surface area (Å²) in [5.41, 5.74) is 0. The van der Waals surface area contributed by atoms with E-state index in [9.17, 15) is 0 Å². The molecule has 0 aliphatic carbocycles. The number of hydrogen-bond donors (Lipinski definition) is 0. The van der Waals surface area contributed by atoms with Gasteiger partial charge in [-0.25, -0.2) is 0 Å². The summed E-state index contributed by atoms with van der Waals surface area (Å²) in [5, 5.41) is 3.62. The minimum absolute atomic E-state index is 0.0160. The molecular formula is C21H28Br2OSi. The van der Waals surface area contributed by atoms with E-state index in [4.69, 9.17) is 4.43 Å². The fourth-order valence-electron chi connectivity index (χ4n) is 3.41. The van der Waals surface area contributed by atoms with Crippen LogP contribution in [0.3, 0.4) is 0 Å². The van der Waals surface area contributed by atoms with Crippen LogP contribution in [0, 0.1) is 0 Å². The van der Waals surface area contributed by atoms with E-state index in [2.05, 4.69) is 120 Å². The highest BCUT2D eigenvalue weighted by atomic mass is 79.9. The van der Waals surface area contributed by atoms with Crippen LogP contribution >= 0.6 is 31.9 Å². The van der Waals surface area contributed by atoms with Crippen molar-refractivity contribution in [1.29, 1.82) is 0 Å². The summed E-state index contributed by atoms with van der Waals surface area (Å²) < 4.78 is 7.14. The van der Waals surface area contributed by atoms with E-state index in [1.165, 1.54) is 10.4 Å². The molecule has 2 aromatic rings. The van der Waals surface area contributed by atoms with Crippen molar-refractivity contribution in [3.05, 3.63) is 60.7 Å². The largest absolute Gasteiger partial charge is 0.403 e. The van der Waals surface area contributed by atoms with Gasteiger partial charge in [0.2, 0.25) is 0 Å². The van der Waals surface area contributed by atoms with Gasteiger partial charge in [0.25, 0.3) is 8.32 Å². The molecule has 25 heavy (non-hydrogen) atoms. The topological polar surface area (TPSA) is 9.23 Å². The SMILES string of the molecule is CC(Br)[C@H](CCBr)O[Si](c1ccccc1)(c1ccccc1)C(C)(C)C. The van der Waals surface area contributed by atoms with Crippen LogP contribution in [0.5, 0.6) is 0 Å². The molecule has 0 radical (unpaired) electrons. The Labute approximate surface area is 170 Å². The first-order chi connectivity index (χ1) is 11.8. The van der Waals surface area contributed by atoms with Crippen molar-refractivity contribution in [1.82, 2.24) is 0 Å². The van der Waals surface area contributed by atoms with Crippen molar-refractivity contribution in [2.24, 2.45) is 0 Å². The second-order valence-corrected chi connectivity index (χ2v) is 14.0. The molecule has 0 spiro atoms. The van der Waals surface area contributed by atoms with Gasteiger partial charge >= 0.3 is 0 Å². The van der Waals surface area contributed by atoms with Crippen LogP contribution in [0.2, 0.25) is 5.04 Å². The first-order valence-electron chi connectivity index (χ1n) is 8.82. The van der Waals surface area contributed by atoms with Crippen LogP contribution < -0.4 is 10.4 Å². The van der Waals surface area contributed by atoms with Gasteiger partial charge in [0.1, 0.15) is 0 Å². The first-order valence-corrected chi connectivity index (χ1v) is 12.8. The van der Waals surface area contributed by atoms with Crippen molar-refractivity contribution in [3.8, 4) is 0 Å². The summed E-state index contributed by atoms with van der Waals surface area (Å²) in [7, 11) is -2.46. The van der Waals surface area contributed by atoms with Gasteiger partial charge in [0.05, 0.1) is 6.10 Å². The zero-order valence-electron chi connectivity index (χ0n) is 15.5. The maximum atomic E-state index is 7.14. The lowest BCUT2D eigenvalue weighted by atomic mass is 10.2. The van der Waals surface area contributed by atoms with Crippen molar-refractivity contribution >= 4 is 50.6 Å². The third-order valence-corrected chi connectivity index (χ3v) is 10.8. The predicted molar refractivity (Wildman–Crippen MR) is 119 cm³/mol. The van der Waals surface area contributed by atoms with Gasteiger partial charge in [0.15, 0.2) is 0 Å². The summed E-state index contributed by atoms with van der Waals surface area (Å²) in [4.78, 5) is 0.298. The standard InChI is InChI=1S/C21H28Br2OSi/c1-17(23)20(15-16-22)24-25(21(2,3)4,18-11-7-5-8-12-18)19-13-9-6-10-14-19/h5-14,17,20H,15-16H2,1-4H3/t17?,20-/m0/s1. The van der Waals surface area contributed by atoms with E-state index in [-0.39, 0.29) is 11.1 Å². The molecule has 1 nitrogen and oxygen atoms in total. The lowest BCUT2D eigenvalue weighted by Gasteiger charge is -2.45. The van der Waals surface area contributed by atoms with E-state index in [1.54, 1.807) is 0 Å². The molecular weight excluding hydrogens is 456 g/mol. The van der Waals surface area contributed by atoms with Crippen LogP contribution in [0.1, 0.15) is 34.1 Å². The van der Waals surface area contributed by atoms with Crippen LogP contribution in [-0.4, -0.2) is 24.6 Å². The number of alkyl halides is 2. The van der Waals surface area contributed by atoms with Gasteiger partial charge < -0.3 is 4.43 Å². The molecule has 1 unspecified atom stereocenters. The highest BCUT2D eigenvalue weighted by molar-refractivity contribution is 9.09. The Kier molecular flexibility index (Phi) is 7.50. The van der Waals surface area contributed by atoms with Gasteiger partial charge in [-0.1, -0.05) is 120 Å². The third kappa shape index (κ3) is 4.65.